The molecule has 1 saturated heterocycles. The van der Waals surface area contributed by atoms with Gasteiger partial charge in [0.1, 0.15) is 11.5 Å². The molecule has 1 aromatic rings. The smallest absolute Gasteiger partial charge is 0.274 e. The van der Waals surface area contributed by atoms with Crippen molar-refractivity contribution in [1.29, 1.82) is 0 Å². The van der Waals surface area contributed by atoms with Crippen molar-refractivity contribution < 1.29 is 4.79 Å². The number of amides is 1. The van der Waals surface area contributed by atoms with Crippen molar-refractivity contribution >= 4 is 23.5 Å². The molecule has 6 heteroatoms. The Morgan fingerprint density at radius 1 is 1.40 bits per heavy atom. The van der Waals surface area contributed by atoms with E-state index in [1.165, 1.54) is 0 Å². The lowest BCUT2D eigenvalue weighted by molar-refractivity contribution is 0.0758. The Kier molecular flexibility index (Phi) is 4.86. The van der Waals surface area contributed by atoms with Crippen molar-refractivity contribution in [2.75, 3.05) is 30.7 Å². The van der Waals surface area contributed by atoms with Crippen LogP contribution in [-0.4, -0.2) is 50.9 Å². The van der Waals surface area contributed by atoms with Gasteiger partial charge in [-0.3, -0.25) is 4.79 Å². The fourth-order valence-electron chi connectivity index (χ4n) is 2.10. The van der Waals surface area contributed by atoms with Crippen LogP contribution in [-0.2, 0) is 0 Å². The lowest BCUT2D eigenvalue weighted by atomic mass is 10.1. The maximum absolute atomic E-state index is 12.4. The van der Waals surface area contributed by atoms with Crippen LogP contribution in [0.3, 0.4) is 0 Å². The van der Waals surface area contributed by atoms with Crippen LogP contribution < -0.4 is 5.32 Å². The summed E-state index contributed by atoms with van der Waals surface area (Å²) in [6.45, 7) is 8.82. The Hall–Kier alpha value is -1.30. The summed E-state index contributed by atoms with van der Waals surface area (Å²) >= 11 is 1.93. The summed E-state index contributed by atoms with van der Waals surface area (Å²) in [5.74, 6) is 1.66. The first-order valence-electron chi connectivity index (χ1n) is 7.01. The predicted octanol–water partition coefficient (Wildman–Crippen LogP) is 2.27. The largest absolute Gasteiger partial charge is 0.369 e. The number of thioether (sulfide) groups is 1. The molecule has 20 heavy (non-hydrogen) atoms. The number of hydrogen-bond acceptors (Lipinski definition) is 5. The van der Waals surface area contributed by atoms with Gasteiger partial charge in [0.15, 0.2) is 0 Å². The van der Waals surface area contributed by atoms with E-state index in [2.05, 4.69) is 29.1 Å². The summed E-state index contributed by atoms with van der Waals surface area (Å²) in [7, 11) is 0. The van der Waals surface area contributed by atoms with E-state index < -0.39 is 0 Å². The van der Waals surface area contributed by atoms with Crippen LogP contribution in [0.5, 0.6) is 0 Å². The third kappa shape index (κ3) is 3.85. The summed E-state index contributed by atoms with van der Waals surface area (Å²) in [5.41, 5.74) is 0.427. The number of aromatic nitrogens is 2. The molecule has 0 unspecified atom stereocenters. The molecule has 0 spiro atoms. The van der Waals surface area contributed by atoms with Gasteiger partial charge in [-0.2, -0.15) is 11.8 Å². The Morgan fingerprint density at radius 2 is 2.20 bits per heavy atom. The van der Waals surface area contributed by atoms with Crippen LogP contribution in [0.2, 0.25) is 0 Å². The highest BCUT2D eigenvalue weighted by Gasteiger charge is 2.26. The Bertz CT molecular complexity index is 461. The predicted molar refractivity (Wildman–Crippen MR) is 83.3 cm³/mol. The molecular formula is C14H22N4OS. The molecule has 1 aliphatic rings. The van der Waals surface area contributed by atoms with E-state index >= 15 is 0 Å². The molecule has 1 aliphatic heterocycles. The number of anilines is 1. The molecule has 2 heterocycles. The fraction of sp³-hybridized carbons (Fsp3) is 0.643. The average Bonchev–Trinajstić information content (AvgIpc) is 2.60. The first-order valence-corrected chi connectivity index (χ1v) is 7.99. The van der Waals surface area contributed by atoms with E-state index in [-0.39, 0.29) is 10.7 Å². The van der Waals surface area contributed by atoms with Gasteiger partial charge in [0.05, 0.1) is 12.4 Å². The molecule has 1 amide bonds. The number of nitrogens with zero attached hydrogens (tertiary/aromatic N) is 3. The minimum atomic E-state index is -0.0150. The molecule has 5 nitrogen and oxygen atoms in total. The minimum Gasteiger partial charge on any atom is -0.369 e. The van der Waals surface area contributed by atoms with Crippen LogP contribution in [0.4, 0.5) is 5.82 Å². The van der Waals surface area contributed by atoms with Crippen molar-refractivity contribution in [2.24, 2.45) is 0 Å². The highest BCUT2D eigenvalue weighted by molar-refractivity contribution is 8.00. The molecule has 110 valence electrons. The van der Waals surface area contributed by atoms with Gasteiger partial charge in [0, 0.05) is 30.1 Å². The van der Waals surface area contributed by atoms with Crippen molar-refractivity contribution in [1.82, 2.24) is 14.9 Å². The second-order valence-corrected chi connectivity index (χ2v) is 7.27. The molecule has 1 fully saturated rings. The minimum absolute atomic E-state index is 0.0150. The molecule has 0 bridgehead atoms. The zero-order chi connectivity index (χ0) is 14.6. The van der Waals surface area contributed by atoms with Gasteiger partial charge in [-0.1, -0.05) is 13.8 Å². The quantitative estimate of drug-likeness (QED) is 0.926. The fourth-order valence-corrected chi connectivity index (χ4v) is 3.20. The number of carbonyl (C=O) groups excluding carboxylic acids is 1. The lowest BCUT2D eigenvalue weighted by Crippen LogP contribution is -2.34. The summed E-state index contributed by atoms with van der Waals surface area (Å²) in [6.07, 6.45) is 4.18. The molecule has 0 radical (unpaired) electrons. The second-order valence-electron chi connectivity index (χ2n) is 5.47. The highest BCUT2D eigenvalue weighted by Crippen LogP contribution is 2.30. The van der Waals surface area contributed by atoms with E-state index in [1.54, 1.807) is 12.4 Å². The SMILES string of the molecule is CCNc1cnc(C(=O)N2CCSC(C)(C)CC2)cn1. The first-order chi connectivity index (χ1) is 9.52. The summed E-state index contributed by atoms with van der Waals surface area (Å²) in [5, 5.41) is 3.07. The molecule has 0 saturated carbocycles. The lowest BCUT2D eigenvalue weighted by Gasteiger charge is -2.22. The molecule has 1 aromatic heterocycles. The third-order valence-corrected chi connectivity index (χ3v) is 4.73. The van der Waals surface area contributed by atoms with Crippen molar-refractivity contribution in [2.45, 2.75) is 31.9 Å². The highest BCUT2D eigenvalue weighted by atomic mass is 32.2. The standard InChI is InChI=1S/C14H22N4OS/c1-4-15-12-10-16-11(9-17-12)13(19)18-6-5-14(2,3)20-8-7-18/h9-10H,4-8H2,1-3H3,(H,15,17). The first kappa shape index (κ1) is 15.1. The van der Waals surface area contributed by atoms with Crippen molar-refractivity contribution in [3.05, 3.63) is 18.1 Å². The number of hydrogen-bond donors (Lipinski definition) is 1. The summed E-state index contributed by atoms with van der Waals surface area (Å²) in [4.78, 5) is 22.7. The number of carbonyl (C=O) groups is 1. The van der Waals surface area contributed by atoms with Gasteiger partial charge < -0.3 is 10.2 Å². The Labute approximate surface area is 124 Å². The van der Waals surface area contributed by atoms with Gasteiger partial charge in [-0.25, -0.2) is 9.97 Å². The maximum Gasteiger partial charge on any atom is 0.274 e. The normalized spacial score (nSPS) is 18.4. The molecule has 2 rings (SSSR count). The van der Waals surface area contributed by atoms with E-state index in [1.807, 2.05) is 23.6 Å². The molecule has 0 aliphatic carbocycles. The maximum atomic E-state index is 12.4. The third-order valence-electron chi connectivity index (χ3n) is 3.35. The van der Waals surface area contributed by atoms with Gasteiger partial charge in [-0.05, 0) is 13.3 Å². The Morgan fingerprint density at radius 3 is 2.85 bits per heavy atom. The van der Waals surface area contributed by atoms with E-state index in [0.29, 0.717) is 11.5 Å². The van der Waals surface area contributed by atoms with Gasteiger partial charge in [-0.15, -0.1) is 0 Å². The van der Waals surface area contributed by atoms with Crippen molar-refractivity contribution in [3.63, 3.8) is 0 Å². The Balaban J connectivity index is 2.03. The second kappa shape index (κ2) is 6.43. The number of rotatable bonds is 3. The number of nitrogens with one attached hydrogen (secondary N) is 1. The zero-order valence-electron chi connectivity index (χ0n) is 12.3. The van der Waals surface area contributed by atoms with Crippen LogP contribution in [0, 0.1) is 0 Å². The van der Waals surface area contributed by atoms with E-state index in [9.17, 15) is 4.79 Å². The van der Waals surface area contributed by atoms with Crippen LogP contribution >= 0.6 is 11.8 Å². The van der Waals surface area contributed by atoms with Gasteiger partial charge in [0.25, 0.3) is 5.91 Å². The van der Waals surface area contributed by atoms with Gasteiger partial charge in [0.2, 0.25) is 0 Å². The monoisotopic (exact) mass is 294 g/mol. The van der Waals surface area contributed by atoms with E-state index in [0.717, 1.165) is 31.8 Å². The van der Waals surface area contributed by atoms with Crippen LogP contribution in [0.1, 0.15) is 37.7 Å². The summed E-state index contributed by atoms with van der Waals surface area (Å²) in [6, 6.07) is 0. The van der Waals surface area contributed by atoms with Crippen molar-refractivity contribution in [3.8, 4) is 0 Å². The van der Waals surface area contributed by atoms with Gasteiger partial charge >= 0.3 is 0 Å². The molecule has 0 aromatic carbocycles. The van der Waals surface area contributed by atoms with Crippen LogP contribution in [0.15, 0.2) is 12.4 Å². The zero-order valence-corrected chi connectivity index (χ0v) is 13.2. The van der Waals surface area contributed by atoms with Crippen LogP contribution in [0.25, 0.3) is 0 Å². The molecule has 1 N–H and O–H groups in total. The topological polar surface area (TPSA) is 58.1 Å². The molecular weight excluding hydrogens is 272 g/mol. The molecule has 0 atom stereocenters. The van der Waals surface area contributed by atoms with E-state index in [4.69, 9.17) is 0 Å². The summed E-state index contributed by atoms with van der Waals surface area (Å²) < 4.78 is 0.246. The average molecular weight is 294 g/mol.